The average Bonchev–Trinajstić information content (AvgIpc) is 3.34. The minimum atomic E-state index is -2.86. The zero-order chi connectivity index (χ0) is 20.8. The van der Waals surface area contributed by atoms with Crippen molar-refractivity contribution in [3.63, 3.8) is 0 Å². The van der Waals surface area contributed by atoms with Crippen LogP contribution in [0.3, 0.4) is 0 Å². The fourth-order valence-electron chi connectivity index (χ4n) is 3.56. The summed E-state index contributed by atoms with van der Waals surface area (Å²) in [5, 5.41) is 0. The summed E-state index contributed by atoms with van der Waals surface area (Å²) in [5.41, 5.74) is 1.18. The Labute approximate surface area is 163 Å². The van der Waals surface area contributed by atoms with Crippen molar-refractivity contribution in [2.24, 2.45) is 5.92 Å². The van der Waals surface area contributed by atoms with E-state index in [1.54, 1.807) is 16.7 Å². The fourth-order valence-corrected chi connectivity index (χ4v) is 3.56. The number of rotatable bonds is 5. The van der Waals surface area contributed by atoms with Gasteiger partial charge in [0.25, 0.3) is 11.1 Å². The summed E-state index contributed by atoms with van der Waals surface area (Å²) in [6, 6.07) is 5.18. The van der Waals surface area contributed by atoms with E-state index in [1.165, 1.54) is 6.20 Å². The molecular weight excluding hydrogens is 362 g/mol. The third-order valence-electron chi connectivity index (χ3n) is 5.57. The quantitative estimate of drug-likeness (QED) is 0.747. The van der Waals surface area contributed by atoms with Crippen LogP contribution in [0.2, 0.25) is 0 Å². The lowest BCUT2D eigenvalue weighted by atomic mass is 9.87. The lowest BCUT2D eigenvalue weighted by Crippen LogP contribution is -2.27. The highest BCUT2D eigenvalue weighted by Crippen LogP contribution is 2.47. The van der Waals surface area contributed by atoms with Crippen LogP contribution in [0.25, 0.3) is 0 Å². The van der Waals surface area contributed by atoms with Gasteiger partial charge in [0.2, 0.25) is 0 Å². The maximum Gasteiger partial charge on any atom is 0.321 e. The van der Waals surface area contributed by atoms with Crippen molar-refractivity contribution in [1.82, 2.24) is 9.13 Å². The second-order valence-electron chi connectivity index (χ2n) is 9.13. The van der Waals surface area contributed by atoms with Crippen molar-refractivity contribution in [3.05, 3.63) is 68.0 Å². The SMILES string of the molecule is CC(C)c1ccc(=O)n(CC2CC2c2cc(C(C)(C)C)cn(C(F)F)c2=O)c1. The molecule has 2 unspecified atom stereocenters. The number of alkyl halides is 2. The molecule has 28 heavy (non-hydrogen) atoms. The molecule has 152 valence electrons. The highest BCUT2D eigenvalue weighted by atomic mass is 19.3. The van der Waals surface area contributed by atoms with Crippen LogP contribution in [-0.2, 0) is 12.0 Å². The monoisotopic (exact) mass is 390 g/mol. The lowest BCUT2D eigenvalue weighted by molar-refractivity contribution is 0.0655. The molecular formula is C22H28F2N2O2. The minimum absolute atomic E-state index is 0.0801. The number of halogens is 2. The topological polar surface area (TPSA) is 44.0 Å². The van der Waals surface area contributed by atoms with E-state index in [-0.39, 0.29) is 22.8 Å². The van der Waals surface area contributed by atoms with E-state index in [2.05, 4.69) is 13.8 Å². The Morgan fingerprint density at radius 3 is 2.39 bits per heavy atom. The maximum atomic E-state index is 13.4. The van der Waals surface area contributed by atoms with Gasteiger partial charge in [-0.2, -0.15) is 8.78 Å². The number of pyridine rings is 2. The summed E-state index contributed by atoms with van der Waals surface area (Å²) in [5.74, 6) is 0.326. The zero-order valence-electron chi connectivity index (χ0n) is 17.1. The van der Waals surface area contributed by atoms with Gasteiger partial charge in [0.05, 0.1) is 0 Å². The first-order chi connectivity index (χ1) is 13.0. The molecule has 0 saturated heterocycles. The molecule has 6 heteroatoms. The predicted octanol–water partition coefficient (Wildman–Crippen LogP) is 4.63. The molecule has 0 radical (unpaired) electrons. The summed E-state index contributed by atoms with van der Waals surface area (Å²) in [6.07, 6.45) is 3.86. The fraction of sp³-hybridized carbons (Fsp3) is 0.545. The molecule has 1 fully saturated rings. The van der Waals surface area contributed by atoms with Gasteiger partial charge in [-0.15, -0.1) is 0 Å². The Hall–Kier alpha value is -2.24. The van der Waals surface area contributed by atoms with Crippen molar-refractivity contribution >= 4 is 0 Å². The highest BCUT2D eigenvalue weighted by molar-refractivity contribution is 5.31. The van der Waals surface area contributed by atoms with Gasteiger partial charge in [0.1, 0.15) is 0 Å². The van der Waals surface area contributed by atoms with E-state index in [0.29, 0.717) is 28.2 Å². The summed E-state index contributed by atoms with van der Waals surface area (Å²) in [7, 11) is 0. The molecule has 0 bridgehead atoms. The summed E-state index contributed by atoms with van der Waals surface area (Å²) >= 11 is 0. The Kier molecular flexibility index (Phi) is 5.34. The van der Waals surface area contributed by atoms with Crippen LogP contribution in [0.4, 0.5) is 8.78 Å². The minimum Gasteiger partial charge on any atom is -0.315 e. The molecule has 0 N–H and O–H groups in total. The van der Waals surface area contributed by atoms with E-state index in [4.69, 9.17) is 0 Å². The van der Waals surface area contributed by atoms with E-state index in [9.17, 15) is 18.4 Å². The Morgan fingerprint density at radius 1 is 1.14 bits per heavy atom. The van der Waals surface area contributed by atoms with Crippen molar-refractivity contribution in [3.8, 4) is 0 Å². The molecule has 1 saturated carbocycles. The van der Waals surface area contributed by atoms with Gasteiger partial charge in [-0.05, 0) is 46.8 Å². The third-order valence-corrected chi connectivity index (χ3v) is 5.57. The first-order valence-corrected chi connectivity index (χ1v) is 9.74. The second-order valence-corrected chi connectivity index (χ2v) is 9.13. The smallest absolute Gasteiger partial charge is 0.315 e. The summed E-state index contributed by atoms with van der Waals surface area (Å²) in [4.78, 5) is 24.8. The van der Waals surface area contributed by atoms with Crippen LogP contribution in [0.15, 0.2) is 40.2 Å². The van der Waals surface area contributed by atoms with Crippen molar-refractivity contribution in [2.45, 2.75) is 71.4 Å². The van der Waals surface area contributed by atoms with E-state index in [0.717, 1.165) is 12.0 Å². The van der Waals surface area contributed by atoms with Gasteiger partial charge in [-0.1, -0.05) is 40.7 Å². The van der Waals surface area contributed by atoms with Crippen LogP contribution < -0.4 is 11.1 Å². The molecule has 2 aromatic heterocycles. The summed E-state index contributed by atoms with van der Waals surface area (Å²) in [6.45, 7) is 7.58. The maximum absolute atomic E-state index is 13.4. The number of hydrogen-bond donors (Lipinski definition) is 0. The van der Waals surface area contributed by atoms with Gasteiger partial charge in [-0.3, -0.25) is 14.2 Å². The average molecular weight is 390 g/mol. The molecule has 0 amide bonds. The zero-order valence-corrected chi connectivity index (χ0v) is 17.1. The van der Waals surface area contributed by atoms with Crippen LogP contribution in [0.5, 0.6) is 0 Å². The van der Waals surface area contributed by atoms with Gasteiger partial charge in [0.15, 0.2) is 0 Å². The van der Waals surface area contributed by atoms with E-state index >= 15 is 0 Å². The molecule has 1 aliphatic rings. The first-order valence-electron chi connectivity index (χ1n) is 9.74. The highest BCUT2D eigenvalue weighted by Gasteiger charge is 2.41. The number of aromatic nitrogens is 2. The molecule has 2 aromatic rings. The lowest BCUT2D eigenvalue weighted by Gasteiger charge is -2.21. The van der Waals surface area contributed by atoms with Crippen molar-refractivity contribution < 1.29 is 8.78 Å². The van der Waals surface area contributed by atoms with Gasteiger partial charge in [0, 0.05) is 30.6 Å². The normalized spacial score (nSPS) is 19.5. The van der Waals surface area contributed by atoms with E-state index in [1.807, 2.05) is 33.0 Å². The van der Waals surface area contributed by atoms with Gasteiger partial charge >= 0.3 is 6.55 Å². The number of nitrogens with zero attached hydrogens (tertiary/aromatic N) is 2. The first kappa shape index (κ1) is 20.5. The molecule has 2 heterocycles. The molecule has 0 aromatic carbocycles. The van der Waals surface area contributed by atoms with Crippen LogP contribution in [0, 0.1) is 5.92 Å². The molecule has 4 nitrogen and oxygen atoms in total. The third kappa shape index (κ3) is 4.10. The van der Waals surface area contributed by atoms with Crippen molar-refractivity contribution in [2.75, 3.05) is 0 Å². The number of hydrogen-bond acceptors (Lipinski definition) is 2. The Balaban J connectivity index is 1.91. The molecule has 0 aliphatic heterocycles. The Morgan fingerprint density at radius 2 is 1.82 bits per heavy atom. The standard InChI is InChI=1S/C22H28F2N2O2/c1-13(2)14-6-7-19(27)25(10-14)11-15-8-17(15)18-9-16(22(3,4)5)12-26(20(18)28)21(23)24/h6-7,9-10,12-13,15,17,21H,8,11H2,1-5H3. The van der Waals surface area contributed by atoms with Gasteiger partial charge in [-0.25, -0.2) is 0 Å². The van der Waals surface area contributed by atoms with Crippen LogP contribution in [-0.4, -0.2) is 9.13 Å². The Bertz CT molecular complexity index is 983. The van der Waals surface area contributed by atoms with E-state index < -0.39 is 12.1 Å². The van der Waals surface area contributed by atoms with Crippen LogP contribution >= 0.6 is 0 Å². The predicted molar refractivity (Wildman–Crippen MR) is 106 cm³/mol. The van der Waals surface area contributed by atoms with Crippen LogP contribution in [0.1, 0.15) is 76.1 Å². The van der Waals surface area contributed by atoms with Crippen molar-refractivity contribution in [1.29, 1.82) is 0 Å². The summed E-state index contributed by atoms with van der Waals surface area (Å²) < 4.78 is 29.0. The second kappa shape index (κ2) is 7.30. The largest absolute Gasteiger partial charge is 0.321 e. The van der Waals surface area contributed by atoms with Gasteiger partial charge < -0.3 is 4.57 Å². The molecule has 3 rings (SSSR count). The molecule has 0 spiro atoms. The molecule has 1 aliphatic carbocycles. The molecule has 2 atom stereocenters.